The number of piperidine rings is 1. The summed E-state index contributed by atoms with van der Waals surface area (Å²) in [4.78, 5) is 2.57. The molecule has 2 rings (SSSR count). The molecule has 0 aromatic carbocycles. The Labute approximate surface area is 100 Å². The monoisotopic (exact) mass is 222 g/mol. The molecule has 0 amide bonds. The van der Waals surface area contributed by atoms with Crippen molar-refractivity contribution >= 4 is 0 Å². The molecule has 2 atom stereocenters. The van der Waals surface area contributed by atoms with Gasteiger partial charge in [-0.25, -0.2) is 0 Å². The Bertz CT molecular complexity index is 245. The Hall–Kier alpha value is -0.340. The van der Waals surface area contributed by atoms with Crippen molar-refractivity contribution in [2.75, 3.05) is 26.2 Å². The Morgan fingerprint density at radius 1 is 1.25 bits per heavy atom. The minimum Gasteiger partial charge on any atom is -0.310 e. The summed E-state index contributed by atoms with van der Waals surface area (Å²) in [5.74, 6) is 1.74. The first kappa shape index (κ1) is 12.1. The molecule has 16 heavy (non-hydrogen) atoms. The van der Waals surface area contributed by atoms with Crippen LogP contribution in [0.4, 0.5) is 0 Å². The number of rotatable bonds is 5. The Morgan fingerprint density at radius 3 is 2.62 bits per heavy atom. The average molecular weight is 222 g/mol. The van der Waals surface area contributed by atoms with E-state index in [2.05, 4.69) is 30.6 Å². The molecule has 0 aromatic rings. The minimum absolute atomic E-state index is 0.803. The lowest BCUT2D eigenvalue weighted by Gasteiger charge is -2.35. The second-order valence-corrected chi connectivity index (χ2v) is 5.88. The van der Waals surface area contributed by atoms with Gasteiger partial charge >= 0.3 is 0 Å². The molecule has 2 aliphatic rings. The van der Waals surface area contributed by atoms with E-state index in [0.29, 0.717) is 0 Å². The molecule has 1 saturated carbocycles. The molecule has 2 heteroatoms. The van der Waals surface area contributed by atoms with Crippen molar-refractivity contribution in [1.82, 2.24) is 10.2 Å². The number of nitrogens with one attached hydrogen (secondary N) is 1. The molecular weight excluding hydrogens is 196 g/mol. The number of likely N-dealkylation sites (tertiary alicyclic amines) is 1. The van der Waals surface area contributed by atoms with Crippen molar-refractivity contribution in [2.45, 2.75) is 39.2 Å². The lowest BCUT2D eigenvalue weighted by Crippen LogP contribution is -2.40. The molecule has 1 N–H and O–H groups in total. The molecule has 1 aliphatic carbocycles. The van der Waals surface area contributed by atoms with Gasteiger partial charge in [-0.2, -0.15) is 0 Å². The smallest absolute Gasteiger partial charge is 0.0202 e. The van der Waals surface area contributed by atoms with Crippen LogP contribution in [0.25, 0.3) is 0 Å². The molecule has 92 valence electrons. The van der Waals surface area contributed by atoms with E-state index in [1.807, 2.05) is 0 Å². The molecule has 2 fully saturated rings. The van der Waals surface area contributed by atoms with Gasteiger partial charge in [0.2, 0.25) is 0 Å². The quantitative estimate of drug-likeness (QED) is 0.718. The van der Waals surface area contributed by atoms with Crippen LogP contribution in [-0.4, -0.2) is 37.1 Å². The third-order valence-corrected chi connectivity index (χ3v) is 4.08. The Morgan fingerprint density at radius 2 is 2.00 bits per heavy atom. The van der Waals surface area contributed by atoms with Crippen molar-refractivity contribution in [3.05, 3.63) is 12.2 Å². The third kappa shape index (κ3) is 3.60. The lowest BCUT2D eigenvalue weighted by atomic mass is 9.88. The van der Waals surface area contributed by atoms with Gasteiger partial charge in [0.1, 0.15) is 0 Å². The zero-order valence-corrected chi connectivity index (χ0v) is 10.8. The van der Waals surface area contributed by atoms with Crippen molar-refractivity contribution < 1.29 is 0 Å². The number of nitrogens with zero attached hydrogens (tertiary/aromatic N) is 1. The summed E-state index contributed by atoms with van der Waals surface area (Å²) in [6.07, 6.45) is 4.08. The molecular formula is C14H26N2. The first-order valence-corrected chi connectivity index (χ1v) is 6.77. The third-order valence-electron chi connectivity index (χ3n) is 4.08. The second kappa shape index (κ2) is 5.33. The fraction of sp³-hybridized carbons (Fsp3) is 0.857. The van der Waals surface area contributed by atoms with E-state index in [1.165, 1.54) is 37.9 Å². The highest BCUT2D eigenvalue weighted by molar-refractivity contribution is 5.02. The van der Waals surface area contributed by atoms with Crippen LogP contribution in [0.5, 0.6) is 0 Å². The first-order valence-electron chi connectivity index (χ1n) is 6.77. The van der Waals surface area contributed by atoms with Gasteiger partial charge in [-0.3, -0.25) is 4.90 Å². The second-order valence-electron chi connectivity index (χ2n) is 5.88. The van der Waals surface area contributed by atoms with Crippen LogP contribution < -0.4 is 5.32 Å². The van der Waals surface area contributed by atoms with Crippen LogP contribution in [0, 0.1) is 11.8 Å². The van der Waals surface area contributed by atoms with Crippen LogP contribution in [-0.2, 0) is 0 Å². The topological polar surface area (TPSA) is 15.3 Å². The maximum Gasteiger partial charge on any atom is 0.0202 e. The van der Waals surface area contributed by atoms with E-state index < -0.39 is 0 Å². The maximum absolute atomic E-state index is 4.19. The van der Waals surface area contributed by atoms with E-state index in [4.69, 9.17) is 0 Å². The van der Waals surface area contributed by atoms with Crippen molar-refractivity contribution in [2.24, 2.45) is 11.8 Å². The van der Waals surface area contributed by atoms with Gasteiger partial charge in [0, 0.05) is 25.7 Å². The van der Waals surface area contributed by atoms with E-state index in [-0.39, 0.29) is 0 Å². The highest BCUT2D eigenvalue weighted by Gasteiger charge is 2.23. The van der Waals surface area contributed by atoms with Crippen LogP contribution in [0.1, 0.15) is 33.1 Å². The Balaban J connectivity index is 1.65. The summed E-state index contributed by atoms with van der Waals surface area (Å²) < 4.78 is 0. The summed E-state index contributed by atoms with van der Waals surface area (Å²) in [5, 5.41) is 3.54. The van der Waals surface area contributed by atoms with Gasteiger partial charge in [-0.05, 0) is 43.2 Å². The Kier molecular flexibility index (Phi) is 4.04. The largest absolute Gasteiger partial charge is 0.310 e. The van der Waals surface area contributed by atoms with Gasteiger partial charge in [0.05, 0.1) is 0 Å². The van der Waals surface area contributed by atoms with Crippen molar-refractivity contribution in [3.8, 4) is 0 Å². The SMILES string of the molecule is C=C(CNC1CC1)CN1CCC(C)C(C)C1. The molecule has 0 aromatic heterocycles. The fourth-order valence-corrected chi connectivity index (χ4v) is 2.44. The molecule has 1 aliphatic heterocycles. The van der Waals surface area contributed by atoms with Crippen LogP contribution in [0.15, 0.2) is 12.2 Å². The number of hydrogen-bond acceptors (Lipinski definition) is 2. The van der Waals surface area contributed by atoms with E-state index >= 15 is 0 Å². The van der Waals surface area contributed by atoms with E-state index in [9.17, 15) is 0 Å². The molecule has 0 bridgehead atoms. The van der Waals surface area contributed by atoms with Crippen LogP contribution in [0.3, 0.4) is 0 Å². The zero-order chi connectivity index (χ0) is 11.5. The van der Waals surface area contributed by atoms with E-state index in [1.54, 1.807) is 0 Å². The highest BCUT2D eigenvalue weighted by Crippen LogP contribution is 2.23. The normalized spacial score (nSPS) is 31.6. The summed E-state index contributed by atoms with van der Waals surface area (Å²) in [5.41, 5.74) is 1.36. The molecule has 1 heterocycles. The van der Waals surface area contributed by atoms with Crippen molar-refractivity contribution in [1.29, 1.82) is 0 Å². The molecule has 2 nitrogen and oxygen atoms in total. The summed E-state index contributed by atoms with van der Waals surface area (Å²) >= 11 is 0. The standard InChI is InChI=1S/C14H26N2/c1-11(8-15-14-4-5-14)9-16-7-6-12(2)13(3)10-16/h12-15H,1,4-10H2,2-3H3. The molecule has 0 radical (unpaired) electrons. The molecule has 0 spiro atoms. The zero-order valence-electron chi connectivity index (χ0n) is 10.8. The number of hydrogen-bond donors (Lipinski definition) is 1. The molecule has 2 unspecified atom stereocenters. The summed E-state index contributed by atoms with van der Waals surface area (Å²) in [6, 6.07) is 0.803. The molecule has 1 saturated heterocycles. The van der Waals surface area contributed by atoms with Crippen LogP contribution in [0.2, 0.25) is 0 Å². The van der Waals surface area contributed by atoms with Gasteiger partial charge in [-0.15, -0.1) is 0 Å². The summed E-state index contributed by atoms with van der Waals surface area (Å²) in [6.45, 7) is 13.6. The maximum atomic E-state index is 4.19. The van der Waals surface area contributed by atoms with E-state index in [0.717, 1.165) is 31.0 Å². The lowest BCUT2D eigenvalue weighted by molar-refractivity contribution is 0.148. The highest BCUT2D eigenvalue weighted by atomic mass is 15.1. The predicted molar refractivity (Wildman–Crippen MR) is 69.5 cm³/mol. The average Bonchev–Trinajstić information content (AvgIpc) is 3.04. The predicted octanol–water partition coefficient (Wildman–Crippen LogP) is 2.27. The summed E-state index contributed by atoms with van der Waals surface area (Å²) in [7, 11) is 0. The van der Waals surface area contributed by atoms with Gasteiger partial charge in [-0.1, -0.05) is 20.4 Å². The van der Waals surface area contributed by atoms with Crippen LogP contribution >= 0.6 is 0 Å². The van der Waals surface area contributed by atoms with Gasteiger partial charge in [0.15, 0.2) is 0 Å². The fourth-order valence-electron chi connectivity index (χ4n) is 2.44. The first-order chi connectivity index (χ1) is 7.65. The van der Waals surface area contributed by atoms with Crippen molar-refractivity contribution in [3.63, 3.8) is 0 Å². The minimum atomic E-state index is 0.803. The van der Waals surface area contributed by atoms with Gasteiger partial charge < -0.3 is 5.32 Å². The van der Waals surface area contributed by atoms with Gasteiger partial charge in [0.25, 0.3) is 0 Å².